The summed E-state index contributed by atoms with van der Waals surface area (Å²) in [6.45, 7) is 0.341. The molecule has 5 aromatic rings. The Bertz CT molecular complexity index is 1370. The van der Waals surface area contributed by atoms with Crippen LogP contribution >= 0.6 is 12.2 Å². The van der Waals surface area contributed by atoms with E-state index in [0.717, 1.165) is 16.7 Å². The van der Waals surface area contributed by atoms with Crippen molar-refractivity contribution >= 4 is 23.3 Å². The van der Waals surface area contributed by atoms with Crippen molar-refractivity contribution in [1.82, 2.24) is 29.3 Å². The molecule has 0 aliphatic heterocycles. The molecule has 0 saturated heterocycles. The molecule has 0 fully saturated rings. The number of hydrogen-bond donors (Lipinski definition) is 1. The molecule has 0 saturated carbocycles. The van der Waals surface area contributed by atoms with E-state index in [1.807, 2.05) is 47.0 Å². The third-order valence-corrected chi connectivity index (χ3v) is 4.96. The van der Waals surface area contributed by atoms with Gasteiger partial charge in [0, 0.05) is 6.20 Å². The summed E-state index contributed by atoms with van der Waals surface area (Å²) in [6, 6.07) is 20.0. The zero-order valence-electron chi connectivity index (χ0n) is 15.2. The standard InChI is InChI=1S/C21H15FN6S/c22-14-7-1-3-10-17(14)28-19(25-26-21(28)29)13-27-18-11-4-2-8-15(18)24-20(27)16-9-5-6-12-23-16/h1-12H,13H2,(H,26,29). The lowest BCUT2D eigenvalue weighted by Crippen LogP contribution is -2.10. The molecule has 0 bridgehead atoms. The lowest BCUT2D eigenvalue weighted by molar-refractivity contribution is 0.612. The Kier molecular flexibility index (Phi) is 4.25. The molecule has 3 aromatic heterocycles. The third kappa shape index (κ3) is 3.03. The van der Waals surface area contributed by atoms with E-state index in [4.69, 9.17) is 17.2 Å². The number of aromatic nitrogens is 6. The maximum atomic E-state index is 14.5. The number of H-pyrrole nitrogens is 1. The van der Waals surface area contributed by atoms with E-state index < -0.39 is 0 Å². The molecule has 0 aliphatic carbocycles. The summed E-state index contributed by atoms with van der Waals surface area (Å²) in [5.41, 5.74) is 2.88. The fourth-order valence-electron chi connectivity index (χ4n) is 3.38. The number of fused-ring (bicyclic) bond motifs is 1. The molecule has 6 nitrogen and oxygen atoms in total. The van der Waals surface area contributed by atoms with Crippen LogP contribution in [-0.4, -0.2) is 29.3 Å². The highest BCUT2D eigenvalue weighted by Gasteiger charge is 2.18. The van der Waals surface area contributed by atoms with E-state index in [2.05, 4.69) is 15.2 Å². The van der Waals surface area contributed by atoms with Gasteiger partial charge in [-0.25, -0.2) is 9.37 Å². The van der Waals surface area contributed by atoms with Gasteiger partial charge in [0.25, 0.3) is 0 Å². The van der Waals surface area contributed by atoms with Crippen molar-refractivity contribution in [3.63, 3.8) is 0 Å². The number of imidazole rings is 1. The molecule has 0 aliphatic rings. The van der Waals surface area contributed by atoms with Crippen molar-refractivity contribution in [2.24, 2.45) is 0 Å². The lowest BCUT2D eigenvalue weighted by atomic mass is 10.3. The number of nitrogens with zero attached hydrogens (tertiary/aromatic N) is 5. The van der Waals surface area contributed by atoms with Crippen LogP contribution in [0.1, 0.15) is 5.82 Å². The maximum absolute atomic E-state index is 14.5. The molecule has 0 atom stereocenters. The largest absolute Gasteiger partial charge is 0.315 e. The predicted molar refractivity (Wildman–Crippen MR) is 111 cm³/mol. The van der Waals surface area contributed by atoms with E-state index in [1.54, 1.807) is 29.0 Å². The van der Waals surface area contributed by atoms with Crippen molar-refractivity contribution in [2.75, 3.05) is 0 Å². The SMILES string of the molecule is Fc1ccccc1-n1c(Cn2c(-c3ccccn3)nc3ccccc32)n[nH]c1=S. The predicted octanol–water partition coefficient (Wildman–Crippen LogP) is 4.53. The normalized spacial score (nSPS) is 11.2. The van der Waals surface area contributed by atoms with Gasteiger partial charge in [0.2, 0.25) is 0 Å². The Labute approximate surface area is 170 Å². The Hall–Kier alpha value is -3.65. The summed E-state index contributed by atoms with van der Waals surface area (Å²) in [5, 5.41) is 7.14. The summed E-state index contributed by atoms with van der Waals surface area (Å²) in [5.74, 6) is 0.910. The van der Waals surface area contributed by atoms with Crippen LogP contribution < -0.4 is 0 Å². The lowest BCUT2D eigenvalue weighted by Gasteiger charge is -2.11. The number of nitrogens with one attached hydrogen (secondary N) is 1. The van der Waals surface area contributed by atoms with E-state index in [1.165, 1.54) is 6.07 Å². The number of pyridine rings is 1. The van der Waals surface area contributed by atoms with Crippen LogP contribution in [0, 0.1) is 10.6 Å². The van der Waals surface area contributed by atoms with Crippen molar-refractivity contribution in [3.05, 3.63) is 89.3 Å². The molecule has 0 spiro atoms. The van der Waals surface area contributed by atoms with Crippen LogP contribution in [0.25, 0.3) is 28.2 Å². The molecular formula is C21H15FN6S. The van der Waals surface area contributed by atoms with Gasteiger partial charge >= 0.3 is 0 Å². The minimum Gasteiger partial charge on any atom is -0.315 e. The third-order valence-electron chi connectivity index (χ3n) is 4.68. The average Bonchev–Trinajstić information content (AvgIpc) is 3.30. The van der Waals surface area contributed by atoms with Crippen molar-refractivity contribution in [3.8, 4) is 17.2 Å². The highest BCUT2D eigenvalue weighted by atomic mass is 32.1. The van der Waals surface area contributed by atoms with Gasteiger partial charge in [0.05, 0.1) is 23.3 Å². The second kappa shape index (κ2) is 7.06. The van der Waals surface area contributed by atoms with Crippen LogP contribution in [0.2, 0.25) is 0 Å². The number of para-hydroxylation sites is 3. The Morgan fingerprint density at radius 2 is 1.76 bits per heavy atom. The smallest absolute Gasteiger partial charge is 0.200 e. The van der Waals surface area contributed by atoms with E-state index in [-0.39, 0.29) is 5.82 Å². The first-order valence-electron chi connectivity index (χ1n) is 9.00. The molecule has 3 heterocycles. The minimum absolute atomic E-state index is 0.328. The number of hydrogen-bond acceptors (Lipinski definition) is 4. The van der Waals surface area contributed by atoms with E-state index >= 15 is 0 Å². The van der Waals surface area contributed by atoms with Gasteiger partial charge < -0.3 is 4.57 Å². The molecule has 142 valence electrons. The molecule has 0 unspecified atom stereocenters. The number of aromatic amines is 1. The Balaban J connectivity index is 1.70. The summed E-state index contributed by atoms with van der Waals surface area (Å²) in [7, 11) is 0. The molecule has 8 heteroatoms. The summed E-state index contributed by atoms with van der Waals surface area (Å²) < 4.78 is 18.4. The zero-order chi connectivity index (χ0) is 19.8. The van der Waals surface area contributed by atoms with Crippen molar-refractivity contribution in [2.45, 2.75) is 6.54 Å². The highest BCUT2D eigenvalue weighted by molar-refractivity contribution is 7.71. The van der Waals surface area contributed by atoms with Gasteiger partial charge in [-0.2, -0.15) is 5.10 Å². The second-order valence-electron chi connectivity index (χ2n) is 6.46. The number of halogens is 1. The summed E-state index contributed by atoms with van der Waals surface area (Å²) in [6.07, 6.45) is 1.73. The van der Waals surface area contributed by atoms with Gasteiger partial charge in [-0.3, -0.25) is 14.6 Å². The average molecular weight is 402 g/mol. The molecule has 0 radical (unpaired) electrons. The first-order valence-corrected chi connectivity index (χ1v) is 9.41. The number of rotatable bonds is 4. The summed E-state index contributed by atoms with van der Waals surface area (Å²) in [4.78, 5) is 9.21. The Morgan fingerprint density at radius 1 is 0.966 bits per heavy atom. The Morgan fingerprint density at radius 3 is 2.59 bits per heavy atom. The number of benzene rings is 2. The van der Waals surface area contributed by atoms with Gasteiger partial charge in [-0.1, -0.05) is 30.3 Å². The fourth-order valence-corrected chi connectivity index (χ4v) is 3.63. The molecule has 2 aromatic carbocycles. The van der Waals surface area contributed by atoms with Gasteiger partial charge in [0.15, 0.2) is 16.4 Å². The van der Waals surface area contributed by atoms with Crippen molar-refractivity contribution in [1.29, 1.82) is 0 Å². The summed E-state index contributed by atoms with van der Waals surface area (Å²) >= 11 is 5.37. The topological polar surface area (TPSA) is 64.3 Å². The minimum atomic E-state index is -0.369. The van der Waals surface area contributed by atoms with Crippen molar-refractivity contribution < 1.29 is 4.39 Å². The van der Waals surface area contributed by atoms with E-state index in [0.29, 0.717) is 28.7 Å². The monoisotopic (exact) mass is 402 g/mol. The van der Waals surface area contributed by atoms with Crippen LogP contribution in [0.5, 0.6) is 0 Å². The fraction of sp³-hybridized carbons (Fsp3) is 0.0476. The molecule has 0 amide bonds. The highest BCUT2D eigenvalue weighted by Crippen LogP contribution is 2.25. The first kappa shape index (κ1) is 17.4. The van der Waals surface area contributed by atoms with Gasteiger partial charge in [-0.15, -0.1) is 0 Å². The quantitative estimate of drug-likeness (QED) is 0.449. The molecule has 5 rings (SSSR count). The van der Waals surface area contributed by atoms with E-state index in [9.17, 15) is 4.39 Å². The zero-order valence-corrected chi connectivity index (χ0v) is 16.0. The van der Waals surface area contributed by atoms with Gasteiger partial charge in [-0.05, 0) is 48.6 Å². The van der Waals surface area contributed by atoms with Crippen LogP contribution in [0.15, 0.2) is 72.9 Å². The molecule has 1 N–H and O–H groups in total. The first-order chi connectivity index (χ1) is 14.2. The molecule has 29 heavy (non-hydrogen) atoms. The van der Waals surface area contributed by atoms with Crippen LogP contribution in [0.4, 0.5) is 4.39 Å². The maximum Gasteiger partial charge on any atom is 0.200 e. The van der Waals surface area contributed by atoms with Gasteiger partial charge in [0.1, 0.15) is 11.5 Å². The second-order valence-corrected chi connectivity index (χ2v) is 6.84. The molecular weight excluding hydrogens is 387 g/mol. The van der Waals surface area contributed by atoms with Crippen LogP contribution in [0.3, 0.4) is 0 Å². The van der Waals surface area contributed by atoms with Crippen LogP contribution in [-0.2, 0) is 6.54 Å².